The molecule has 0 saturated carbocycles. The predicted molar refractivity (Wildman–Crippen MR) is 79.2 cm³/mol. The highest BCUT2D eigenvalue weighted by Gasteiger charge is 2.17. The van der Waals surface area contributed by atoms with Crippen molar-refractivity contribution in [2.24, 2.45) is 0 Å². The second-order valence-corrected chi connectivity index (χ2v) is 7.16. The molecule has 0 atom stereocenters. The highest BCUT2D eigenvalue weighted by atomic mass is 35.5. The zero-order chi connectivity index (χ0) is 16.2. The van der Waals surface area contributed by atoms with Gasteiger partial charge in [-0.05, 0) is 31.2 Å². The lowest BCUT2D eigenvalue weighted by atomic mass is 10.4. The molecule has 118 valence electrons. The molecule has 0 spiro atoms. The van der Waals surface area contributed by atoms with Crippen molar-refractivity contribution in [3.63, 3.8) is 0 Å². The fourth-order valence-electron chi connectivity index (χ4n) is 1.69. The summed E-state index contributed by atoms with van der Waals surface area (Å²) in [5.74, 6) is -0.333. The van der Waals surface area contributed by atoms with Gasteiger partial charge in [-0.1, -0.05) is 16.8 Å². The molecule has 8 heteroatoms. The normalized spacial score (nSPS) is 11.4. The van der Waals surface area contributed by atoms with Gasteiger partial charge in [-0.25, -0.2) is 8.42 Å². The van der Waals surface area contributed by atoms with Crippen LogP contribution in [0.3, 0.4) is 0 Å². The van der Waals surface area contributed by atoms with Crippen LogP contribution < -0.4 is 0 Å². The van der Waals surface area contributed by atoms with Gasteiger partial charge in [0.05, 0.1) is 17.1 Å². The Morgan fingerprint density at radius 2 is 2.00 bits per heavy atom. The molecule has 0 bridgehead atoms. The van der Waals surface area contributed by atoms with E-state index in [9.17, 15) is 13.2 Å². The molecule has 22 heavy (non-hydrogen) atoms. The van der Waals surface area contributed by atoms with Crippen LogP contribution in [-0.2, 0) is 26.0 Å². The fourth-order valence-corrected chi connectivity index (χ4v) is 3.04. The molecule has 1 heterocycles. The summed E-state index contributed by atoms with van der Waals surface area (Å²) in [6, 6.07) is 7.42. The van der Waals surface area contributed by atoms with Gasteiger partial charge in [-0.15, -0.1) is 0 Å². The molecule has 0 unspecified atom stereocenters. The third kappa shape index (κ3) is 4.57. The van der Waals surface area contributed by atoms with Crippen molar-refractivity contribution in [1.82, 2.24) is 5.16 Å². The minimum atomic E-state index is -3.54. The third-order valence-electron chi connectivity index (χ3n) is 2.81. The highest BCUT2D eigenvalue weighted by Crippen LogP contribution is 2.16. The molecule has 0 saturated heterocycles. The van der Waals surface area contributed by atoms with Gasteiger partial charge in [0, 0.05) is 11.1 Å². The average Bonchev–Trinajstić information content (AvgIpc) is 2.89. The van der Waals surface area contributed by atoms with Crippen molar-refractivity contribution in [2.45, 2.75) is 24.8 Å². The van der Waals surface area contributed by atoms with Crippen molar-refractivity contribution in [3.8, 4) is 0 Å². The lowest BCUT2D eigenvalue weighted by Crippen LogP contribution is -2.13. The van der Waals surface area contributed by atoms with E-state index in [1.54, 1.807) is 13.0 Å². The monoisotopic (exact) mass is 343 g/mol. The number of hydrogen-bond donors (Lipinski definition) is 0. The van der Waals surface area contributed by atoms with Crippen molar-refractivity contribution >= 4 is 27.4 Å². The molecule has 0 N–H and O–H groups in total. The Morgan fingerprint density at radius 3 is 2.59 bits per heavy atom. The van der Waals surface area contributed by atoms with Crippen molar-refractivity contribution in [1.29, 1.82) is 0 Å². The number of halogens is 1. The number of aromatic nitrogens is 1. The molecule has 0 amide bonds. The summed E-state index contributed by atoms with van der Waals surface area (Å²) >= 11 is 5.71. The fraction of sp³-hybridized carbons (Fsp3) is 0.286. The second kappa shape index (κ2) is 6.93. The van der Waals surface area contributed by atoms with E-state index >= 15 is 0 Å². The number of sulfone groups is 1. The van der Waals surface area contributed by atoms with E-state index in [1.807, 2.05) is 0 Å². The quantitative estimate of drug-likeness (QED) is 0.749. The van der Waals surface area contributed by atoms with Crippen molar-refractivity contribution in [3.05, 3.63) is 46.8 Å². The summed E-state index contributed by atoms with van der Waals surface area (Å²) in [7, 11) is -3.54. The van der Waals surface area contributed by atoms with Crippen LogP contribution in [0.25, 0.3) is 0 Å². The molecule has 2 aromatic rings. The van der Waals surface area contributed by atoms with E-state index in [-0.39, 0.29) is 23.7 Å². The number of nitrogens with zero attached hydrogens (tertiary/aromatic N) is 1. The van der Waals surface area contributed by atoms with Gasteiger partial charge in [0.2, 0.25) is 0 Å². The summed E-state index contributed by atoms with van der Waals surface area (Å²) in [6.45, 7) is 1.67. The Labute approximate surface area is 132 Å². The van der Waals surface area contributed by atoms with E-state index in [0.717, 1.165) is 0 Å². The van der Waals surface area contributed by atoms with Gasteiger partial charge in [-0.3, -0.25) is 4.79 Å². The number of esters is 1. The maximum absolute atomic E-state index is 12.0. The molecule has 1 aromatic carbocycles. The SMILES string of the molecule is Cc1cc(COC(=O)CCS(=O)(=O)c2ccc(Cl)cc2)no1. The van der Waals surface area contributed by atoms with Crippen LogP contribution in [0.1, 0.15) is 17.9 Å². The Morgan fingerprint density at radius 1 is 1.32 bits per heavy atom. The molecule has 0 radical (unpaired) electrons. The Kier molecular flexibility index (Phi) is 5.20. The van der Waals surface area contributed by atoms with Crippen LogP contribution >= 0.6 is 11.6 Å². The standard InChI is InChI=1S/C14H14ClNO5S/c1-10-8-12(16-21-10)9-20-14(17)6-7-22(18,19)13-4-2-11(15)3-5-13/h2-5,8H,6-7,9H2,1H3. The van der Waals surface area contributed by atoms with Gasteiger partial charge in [0.1, 0.15) is 18.1 Å². The lowest BCUT2D eigenvalue weighted by molar-refractivity contribution is -0.144. The number of aryl methyl sites for hydroxylation is 1. The summed E-state index contributed by atoms with van der Waals surface area (Å²) in [6.07, 6.45) is -0.234. The summed E-state index contributed by atoms with van der Waals surface area (Å²) in [5.41, 5.74) is 0.478. The number of carbonyl (C=O) groups is 1. The van der Waals surface area contributed by atoms with Crippen LogP contribution in [0.15, 0.2) is 39.8 Å². The topological polar surface area (TPSA) is 86.5 Å². The number of ether oxygens (including phenoxy) is 1. The molecule has 2 rings (SSSR count). The predicted octanol–water partition coefficient (Wildman–Crippen LogP) is 2.54. The molecule has 1 aromatic heterocycles. The number of benzene rings is 1. The van der Waals surface area contributed by atoms with Crippen LogP contribution in [0.4, 0.5) is 0 Å². The smallest absolute Gasteiger partial charge is 0.307 e. The minimum Gasteiger partial charge on any atom is -0.459 e. The maximum atomic E-state index is 12.0. The summed E-state index contributed by atoms with van der Waals surface area (Å²) in [4.78, 5) is 11.7. The minimum absolute atomic E-state index is 0.0445. The Hall–Kier alpha value is -1.86. The van der Waals surface area contributed by atoms with E-state index < -0.39 is 15.8 Å². The first-order chi connectivity index (χ1) is 10.4. The van der Waals surface area contributed by atoms with E-state index in [2.05, 4.69) is 5.16 Å². The first kappa shape index (κ1) is 16.5. The van der Waals surface area contributed by atoms with E-state index in [4.69, 9.17) is 20.9 Å². The van der Waals surface area contributed by atoms with Gasteiger partial charge < -0.3 is 9.26 Å². The average molecular weight is 344 g/mol. The first-order valence-electron chi connectivity index (χ1n) is 6.43. The molecule has 6 nitrogen and oxygen atoms in total. The molecule has 0 aliphatic carbocycles. The first-order valence-corrected chi connectivity index (χ1v) is 8.46. The zero-order valence-electron chi connectivity index (χ0n) is 11.8. The Bertz CT molecular complexity index is 752. The molecule has 0 fully saturated rings. The number of hydrogen-bond acceptors (Lipinski definition) is 6. The van der Waals surface area contributed by atoms with Crippen LogP contribution in [0.2, 0.25) is 5.02 Å². The molecular weight excluding hydrogens is 330 g/mol. The van der Waals surface area contributed by atoms with Crippen molar-refractivity contribution in [2.75, 3.05) is 5.75 Å². The van der Waals surface area contributed by atoms with Crippen molar-refractivity contribution < 1.29 is 22.5 Å². The second-order valence-electron chi connectivity index (χ2n) is 4.61. The van der Waals surface area contributed by atoms with E-state index in [0.29, 0.717) is 16.5 Å². The van der Waals surface area contributed by atoms with Crippen LogP contribution in [0.5, 0.6) is 0 Å². The molecule has 0 aliphatic heterocycles. The lowest BCUT2D eigenvalue weighted by Gasteiger charge is -2.05. The highest BCUT2D eigenvalue weighted by molar-refractivity contribution is 7.91. The third-order valence-corrected chi connectivity index (χ3v) is 4.79. The zero-order valence-corrected chi connectivity index (χ0v) is 13.4. The van der Waals surface area contributed by atoms with Gasteiger partial charge >= 0.3 is 5.97 Å². The Balaban J connectivity index is 1.86. The molecular formula is C14H14ClNO5S. The van der Waals surface area contributed by atoms with Gasteiger partial charge in [0.15, 0.2) is 9.84 Å². The van der Waals surface area contributed by atoms with Crippen LogP contribution in [-0.4, -0.2) is 25.3 Å². The van der Waals surface area contributed by atoms with E-state index in [1.165, 1.54) is 24.3 Å². The largest absolute Gasteiger partial charge is 0.459 e. The van der Waals surface area contributed by atoms with Gasteiger partial charge in [0.25, 0.3) is 0 Å². The van der Waals surface area contributed by atoms with Gasteiger partial charge in [-0.2, -0.15) is 0 Å². The number of carbonyl (C=O) groups excluding carboxylic acids is 1. The van der Waals surface area contributed by atoms with Crippen LogP contribution in [0, 0.1) is 6.92 Å². The summed E-state index contributed by atoms with van der Waals surface area (Å²) < 4.78 is 33.9. The molecule has 0 aliphatic rings. The number of rotatable bonds is 6. The maximum Gasteiger partial charge on any atom is 0.307 e. The summed E-state index contributed by atoms with van der Waals surface area (Å²) in [5, 5.41) is 4.12.